The van der Waals surface area contributed by atoms with Gasteiger partial charge < -0.3 is 28.7 Å². The fourth-order valence-electron chi connectivity index (χ4n) is 9.38. The van der Waals surface area contributed by atoms with Crippen LogP contribution in [0.15, 0.2) is 36.4 Å². The Hall–Kier alpha value is -2.41. The van der Waals surface area contributed by atoms with Crippen molar-refractivity contribution in [2.24, 2.45) is 23.7 Å². The number of hydrogen-bond acceptors (Lipinski definition) is 9. The fraction of sp³-hybridized carbons (Fsp3) is 0.667. The van der Waals surface area contributed by atoms with E-state index in [9.17, 15) is 13.2 Å². The number of nitrogens with zero attached hydrogens (tertiary/aromatic N) is 2. The van der Waals surface area contributed by atoms with Crippen LogP contribution in [-0.2, 0) is 36.1 Å². The second-order valence-electron chi connectivity index (χ2n) is 16.0. The van der Waals surface area contributed by atoms with Crippen molar-refractivity contribution in [3.8, 4) is 5.75 Å². The van der Waals surface area contributed by atoms with Gasteiger partial charge in [-0.15, -0.1) is 0 Å². The lowest BCUT2D eigenvalue weighted by atomic mass is 9.64. The third kappa shape index (κ3) is 7.53. The lowest BCUT2D eigenvalue weighted by Crippen LogP contribution is -2.52. The maximum atomic E-state index is 13.8. The summed E-state index contributed by atoms with van der Waals surface area (Å²) in [4.78, 5) is 18.3. The van der Waals surface area contributed by atoms with Crippen LogP contribution in [0.4, 0.5) is 5.69 Å². The standard InChI is InChI=1S/C39H54ClN3O7S/c1-25-7-5-9-32(38-48-20-30(21-49-38)42(2)3)31-13-10-28(31)19-43-23-39(16-6-8-26-17-29(40)12-14-33(26)39)24-50-35-15-11-27(18-34(35)43)37(44)41-51(45,46)36(25)22-47-4/h11-12,14-15,17-18,25,28,30-32,36,38H,5-10,13,16,19-24H2,1-4H3,(H,41,44)/t25-,28-,30?,31+,32-,36-,38?,39-/m0/s1. The summed E-state index contributed by atoms with van der Waals surface area (Å²) in [5.74, 6) is 0.812. The average molecular weight is 744 g/mol. The Morgan fingerprint density at radius 1 is 1.04 bits per heavy atom. The van der Waals surface area contributed by atoms with E-state index in [-0.39, 0.29) is 41.8 Å². The predicted octanol–water partition coefficient (Wildman–Crippen LogP) is 5.65. The van der Waals surface area contributed by atoms with Gasteiger partial charge in [-0.25, -0.2) is 13.1 Å². The highest BCUT2D eigenvalue weighted by Crippen LogP contribution is 2.49. The number of rotatable bonds is 4. The largest absolute Gasteiger partial charge is 0.490 e. The quantitative estimate of drug-likeness (QED) is 0.425. The third-order valence-corrected chi connectivity index (χ3v) is 14.7. The number of benzene rings is 2. The van der Waals surface area contributed by atoms with Crippen LogP contribution in [-0.4, -0.2) is 97.5 Å². The Bertz CT molecular complexity index is 1680. The van der Waals surface area contributed by atoms with Crippen LogP contribution < -0.4 is 14.4 Å². The number of hydrogen-bond donors (Lipinski definition) is 1. The minimum absolute atomic E-state index is 0.000741. The molecule has 2 aromatic carbocycles. The number of anilines is 1. The number of likely N-dealkylation sites (N-methyl/N-ethyl adjacent to an activating group) is 1. The first kappa shape index (κ1) is 36.9. The van der Waals surface area contributed by atoms with Crippen molar-refractivity contribution in [2.75, 3.05) is 65.6 Å². The second kappa shape index (κ2) is 15.1. The van der Waals surface area contributed by atoms with Crippen LogP contribution in [0.1, 0.15) is 73.4 Å². The maximum Gasteiger partial charge on any atom is 0.264 e. The summed E-state index contributed by atoms with van der Waals surface area (Å²) < 4.78 is 55.1. The monoisotopic (exact) mass is 743 g/mol. The van der Waals surface area contributed by atoms with E-state index in [1.807, 2.05) is 25.1 Å². The van der Waals surface area contributed by atoms with E-state index in [1.165, 1.54) is 18.2 Å². The van der Waals surface area contributed by atoms with E-state index in [4.69, 9.17) is 30.5 Å². The van der Waals surface area contributed by atoms with E-state index < -0.39 is 21.2 Å². The summed E-state index contributed by atoms with van der Waals surface area (Å²) >= 11 is 6.48. The van der Waals surface area contributed by atoms with Crippen molar-refractivity contribution >= 4 is 33.2 Å². The summed E-state index contributed by atoms with van der Waals surface area (Å²) in [6.07, 6.45) is 7.26. The third-order valence-electron chi connectivity index (χ3n) is 12.6. The van der Waals surface area contributed by atoms with Crippen LogP contribution in [0.25, 0.3) is 0 Å². The van der Waals surface area contributed by atoms with Gasteiger partial charge in [0.05, 0.1) is 38.2 Å². The molecule has 2 aliphatic carbocycles. The number of sulfonamides is 1. The van der Waals surface area contributed by atoms with Crippen molar-refractivity contribution in [2.45, 2.75) is 81.3 Å². The molecule has 7 rings (SSSR count). The molecule has 10 nitrogen and oxygen atoms in total. The Balaban J connectivity index is 1.27. The van der Waals surface area contributed by atoms with Crippen LogP contribution in [0.3, 0.4) is 0 Å². The molecule has 0 radical (unpaired) electrons. The summed E-state index contributed by atoms with van der Waals surface area (Å²) in [5.41, 5.74) is 3.40. The number of halogens is 1. The van der Waals surface area contributed by atoms with E-state index in [0.717, 1.165) is 68.7 Å². The maximum absolute atomic E-state index is 13.8. The molecule has 1 amide bonds. The van der Waals surface area contributed by atoms with Gasteiger partial charge in [0.2, 0.25) is 10.0 Å². The first-order valence-electron chi connectivity index (χ1n) is 18.7. The molecule has 1 saturated heterocycles. The molecule has 1 saturated carbocycles. The van der Waals surface area contributed by atoms with Crippen molar-refractivity contribution < 1.29 is 32.2 Å². The zero-order valence-electron chi connectivity index (χ0n) is 30.4. The molecule has 1 N–H and O–H groups in total. The SMILES string of the molecule is COC[C@H]1[C@@H](C)CCC[C@H](C2OCC(N(C)C)CO2)[C@@H]2CC[C@H]2CN2C[C@@]3(CCCc4cc(Cl)ccc43)COc3ccc(cc32)C(=O)NS1(=O)=O. The first-order valence-corrected chi connectivity index (χ1v) is 20.7. The van der Waals surface area contributed by atoms with E-state index in [0.29, 0.717) is 43.8 Å². The minimum Gasteiger partial charge on any atom is -0.490 e. The topological polar surface area (TPSA) is 107 Å². The van der Waals surface area contributed by atoms with E-state index in [2.05, 4.69) is 40.7 Å². The van der Waals surface area contributed by atoms with Crippen LogP contribution in [0.5, 0.6) is 5.75 Å². The number of ether oxygens (including phenoxy) is 4. The van der Waals surface area contributed by atoms with Gasteiger partial charge in [0, 0.05) is 42.1 Å². The molecule has 51 heavy (non-hydrogen) atoms. The fourth-order valence-corrected chi connectivity index (χ4v) is 11.2. The Kier molecular flexibility index (Phi) is 11.0. The Labute approximate surface area is 308 Å². The molecule has 2 aromatic rings. The van der Waals surface area contributed by atoms with Crippen LogP contribution in [0.2, 0.25) is 5.02 Å². The van der Waals surface area contributed by atoms with Gasteiger partial charge >= 0.3 is 0 Å². The average Bonchev–Trinajstić information content (AvgIpc) is 3.24. The van der Waals surface area contributed by atoms with Gasteiger partial charge in [-0.1, -0.05) is 31.0 Å². The number of aryl methyl sites for hydroxylation is 1. The lowest BCUT2D eigenvalue weighted by molar-refractivity contribution is -0.240. The molecule has 3 aliphatic heterocycles. The zero-order valence-corrected chi connectivity index (χ0v) is 32.0. The number of nitrogens with one attached hydrogen (secondary N) is 1. The molecule has 280 valence electrons. The van der Waals surface area contributed by atoms with Gasteiger partial charge in [0.25, 0.3) is 5.91 Å². The summed E-state index contributed by atoms with van der Waals surface area (Å²) in [6, 6.07) is 11.8. The predicted molar refractivity (Wildman–Crippen MR) is 198 cm³/mol. The molecule has 3 heterocycles. The van der Waals surface area contributed by atoms with Gasteiger partial charge in [-0.2, -0.15) is 0 Å². The number of methoxy groups -OCH3 is 1. The first-order chi connectivity index (χ1) is 24.5. The molecule has 2 fully saturated rings. The Morgan fingerprint density at radius 2 is 1.84 bits per heavy atom. The number of amides is 1. The molecule has 5 aliphatic rings. The van der Waals surface area contributed by atoms with E-state index >= 15 is 0 Å². The summed E-state index contributed by atoms with van der Waals surface area (Å²) in [7, 11) is 1.56. The van der Waals surface area contributed by atoms with E-state index in [1.54, 1.807) is 6.07 Å². The Morgan fingerprint density at radius 3 is 2.57 bits per heavy atom. The smallest absolute Gasteiger partial charge is 0.264 e. The summed E-state index contributed by atoms with van der Waals surface area (Å²) in [5, 5.41) is -0.133. The molecule has 0 aromatic heterocycles. The molecule has 1 spiro atoms. The van der Waals surface area contributed by atoms with Crippen LogP contribution >= 0.6 is 11.6 Å². The van der Waals surface area contributed by atoms with Crippen molar-refractivity contribution in [3.63, 3.8) is 0 Å². The number of carbonyl (C=O) groups excluding carboxylic acids is 1. The summed E-state index contributed by atoms with van der Waals surface area (Å²) in [6.45, 7) is 5.22. The highest BCUT2D eigenvalue weighted by molar-refractivity contribution is 7.90. The van der Waals surface area contributed by atoms with Crippen LogP contribution in [0, 0.1) is 23.7 Å². The molecular weight excluding hydrogens is 690 g/mol. The molecular formula is C39H54ClN3O7S. The number of fused-ring (bicyclic) bond motifs is 4. The molecule has 2 bridgehead atoms. The van der Waals surface area contributed by atoms with Crippen molar-refractivity contribution in [3.05, 3.63) is 58.1 Å². The number of carbonyl (C=O) groups is 1. The molecule has 12 heteroatoms. The van der Waals surface area contributed by atoms with Gasteiger partial charge in [-0.3, -0.25) is 4.79 Å². The highest BCUT2D eigenvalue weighted by atomic mass is 35.5. The van der Waals surface area contributed by atoms with Gasteiger partial charge in [0.15, 0.2) is 6.29 Å². The lowest BCUT2D eigenvalue weighted by Gasteiger charge is -2.49. The highest BCUT2D eigenvalue weighted by Gasteiger charge is 2.47. The second-order valence-corrected chi connectivity index (χ2v) is 18.3. The molecule has 0 unspecified atom stereocenters. The van der Waals surface area contributed by atoms with Gasteiger partial charge in [0.1, 0.15) is 11.0 Å². The van der Waals surface area contributed by atoms with Crippen molar-refractivity contribution in [1.29, 1.82) is 0 Å². The molecule has 6 atom stereocenters. The normalized spacial score (nSPS) is 34.0. The zero-order chi connectivity index (χ0) is 35.9. The minimum atomic E-state index is -4.05. The van der Waals surface area contributed by atoms with Gasteiger partial charge in [-0.05, 0) is 118 Å². The van der Waals surface area contributed by atoms with Crippen molar-refractivity contribution in [1.82, 2.24) is 9.62 Å².